The van der Waals surface area contributed by atoms with Crippen molar-refractivity contribution in [1.29, 1.82) is 0 Å². The van der Waals surface area contributed by atoms with Gasteiger partial charge in [-0.2, -0.15) is 10.2 Å². The Bertz CT molecular complexity index is 1130. The number of halogens is 1. The maximum atomic E-state index is 12.7. The van der Waals surface area contributed by atoms with Gasteiger partial charge in [-0.3, -0.25) is 14.2 Å². The van der Waals surface area contributed by atoms with Gasteiger partial charge in [-0.25, -0.2) is 0 Å². The molecule has 0 saturated carbocycles. The van der Waals surface area contributed by atoms with Gasteiger partial charge in [0.15, 0.2) is 0 Å². The maximum Gasteiger partial charge on any atom is 0.253 e. The van der Waals surface area contributed by atoms with Crippen LogP contribution in [0, 0.1) is 0 Å². The van der Waals surface area contributed by atoms with E-state index in [-0.39, 0.29) is 5.91 Å². The van der Waals surface area contributed by atoms with Crippen LogP contribution in [-0.4, -0.2) is 25.5 Å². The molecule has 0 atom stereocenters. The van der Waals surface area contributed by atoms with Crippen LogP contribution in [0.25, 0.3) is 22.7 Å². The average Bonchev–Trinajstić information content (AvgIpc) is 3.41. The minimum absolute atomic E-state index is 0.262. The Morgan fingerprint density at radius 3 is 2.75 bits per heavy atom. The third-order valence-corrected chi connectivity index (χ3v) is 4.84. The molecular weight excluding hydrogens is 378 g/mol. The molecule has 1 N–H and O–H groups in total. The standard InChI is InChI=1S/C20H18ClN5O2/c1-25-14(11-17(24-25)18-7-8-23-26(18)2)12-22-20(27)15-10-13(5-6-16(15)21)19-4-3-9-28-19/h3-11H,12H2,1-2H3,(H,22,27). The summed E-state index contributed by atoms with van der Waals surface area (Å²) in [6.07, 6.45) is 3.31. The summed E-state index contributed by atoms with van der Waals surface area (Å²) >= 11 is 6.24. The minimum Gasteiger partial charge on any atom is -0.464 e. The van der Waals surface area contributed by atoms with Crippen molar-refractivity contribution in [3.05, 3.63) is 71.2 Å². The number of carbonyl (C=O) groups excluding carboxylic acids is 1. The minimum atomic E-state index is -0.262. The van der Waals surface area contributed by atoms with E-state index in [0.29, 0.717) is 22.9 Å². The number of carbonyl (C=O) groups is 1. The zero-order valence-corrected chi connectivity index (χ0v) is 16.1. The van der Waals surface area contributed by atoms with Crippen LogP contribution < -0.4 is 5.32 Å². The molecule has 3 aromatic heterocycles. The number of furan rings is 1. The number of aryl methyl sites for hydroxylation is 2. The van der Waals surface area contributed by atoms with Gasteiger partial charge in [0.1, 0.15) is 11.5 Å². The van der Waals surface area contributed by atoms with Crippen molar-refractivity contribution >= 4 is 17.5 Å². The molecule has 4 aromatic rings. The van der Waals surface area contributed by atoms with Crippen LogP contribution in [0.1, 0.15) is 16.1 Å². The van der Waals surface area contributed by atoms with E-state index in [1.807, 2.05) is 38.4 Å². The number of hydrogen-bond donors (Lipinski definition) is 1. The molecule has 0 aliphatic rings. The smallest absolute Gasteiger partial charge is 0.253 e. The van der Waals surface area contributed by atoms with Crippen LogP contribution in [0.5, 0.6) is 0 Å². The highest BCUT2D eigenvalue weighted by molar-refractivity contribution is 6.34. The van der Waals surface area contributed by atoms with Gasteiger partial charge in [0.05, 0.1) is 34.8 Å². The number of rotatable bonds is 5. The van der Waals surface area contributed by atoms with Gasteiger partial charge >= 0.3 is 0 Å². The summed E-state index contributed by atoms with van der Waals surface area (Å²) in [6, 6.07) is 12.7. The maximum absolute atomic E-state index is 12.7. The van der Waals surface area contributed by atoms with Crippen molar-refractivity contribution in [1.82, 2.24) is 24.9 Å². The molecule has 8 heteroatoms. The predicted octanol–water partition coefficient (Wildman–Crippen LogP) is 3.66. The molecule has 0 saturated heterocycles. The summed E-state index contributed by atoms with van der Waals surface area (Å²) in [5, 5.41) is 11.9. The van der Waals surface area contributed by atoms with E-state index in [2.05, 4.69) is 15.5 Å². The molecule has 4 rings (SSSR count). The number of aromatic nitrogens is 4. The van der Waals surface area contributed by atoms with Gasteiger partial charge in [-0.1, -0.05) is 11.6 Å². The SMILES string of the molecule is Cn1nc(-c2ccnn2C)cc1CNC(=O)c1cc(-c2ccco2)ccc1Cl. The molecule has 0 aliphatic carbocycles. The highest BCUT2D eigenvalue weighted by Crippen LogP contribution is 2.26. The second-order valence-corrected chi connectivity index (χ2v) is 6.75. The highest BCUT2D eigenvalue weighted by atomic mass is 35.5. The molecule has 142 valence electrons. The summed E-state index contributed by atoms with van der Waals surface area (Å²) in [5.74, 6) is 0.417. The Balaban J connectivity index is 1.52. The Labute approximate surface area is 166 Å². The van der Waals surface area contributed by atoms with Crippen molar-refractivity contribution in [3.8, 4) is 22.7 Å². The molecular formula is C20H18ClN5O2. The van der Waals surface area contributed by atoms with Crippen molar-refractivity contribution < 1.29 is 9.21 Å². The summed E-state index contributed by atoms with van der Waals surface area (Å²) in [5.41, 5.74) is 3.75. The van der Waals surface area contributed by atoms with Crippen molar-refractivity contribution in [2.75, 3.05) is 0 Å². The number of amides is 1. The fourth-order valence-electron chi connectivity index (χ4n) is 2.98. The first-order chi connectivity index (χ1) is 13.5. The van der Waals surface area contributed by atoms with E-state index < -0.39 is 0 Å². The van der Waals surface area contributed by atoms with E-state index in [9.17, 15) is 4.79 Å². The number of hydrogen-bond acceptors (Lipinski definition) is 4. The molecule has 1 aromatic carbocycles. The molecule has 3 heterocycles. The van der Waals surface area contributed by atoms with Gasteiger partial charge in [-0.05, 0) is 42.5 Å². The topological polar surface area (TPSA) is 77.9 Å². The summed E-state index contributed by atoms with van der Waals surface area (Å²) in [6.45, 7) is 0.321. The molecule has 0 radical (unpaired) electrons. The fourth-order valence-corrected chi connectivity index (χ4v) is 3.19. The van der Waals surface area contributed by atoms with Crippen LogP contribution in [0.15, 0.2) is 59.3 Å². The van der Waals surface area contributed by atoms with Crippen LogP contribution >= 0.6 is 11.6 Å². The lowest BCUT2D eigenvalue weighted by Crippen LogP contribution is -2.24. The lowest BCUT2D eigenvalue weighted by atomic mass is 10.1. The van der Waals surface area contributed by atoms with Crippen molar-refractivity contribution in [2.24, 2.45) is 14.1 Å². The average molecular weight is 396 g/mol. The van der Waals surface area contributed by atoms with E-state index in [1.54, 1.807) is 40.0 Å². The molecule has 7 nitrogen and oxygen atoms in total. The van der Waals surface area contributed by atoms with Crippen LogP contribution in [0.3, 0.4) is 0 Å². The monoisotopic (exact) mass is 395 g/mol. The van der Waals surface area contributed by atoms with E-state index in [0.717, 1.165) is 22.6 Å². The third kappa shape index (κ3) is 3.44. The van der Waals surface area contributed by atoms with E-state index >= 15 is 0 Å². The normalized spacial score (nSPS) is 11.0. The summed E-state index contributed by atoms with van der Waals surface area (Å²) in [4.78, 5) is 12.7. The van der Waals surface area contributed by atoms with E-state index in [4.69, 9.17) is 16.0 Å². The first-order valence-electron chi connectivity index (χ1n) is 8.66. The second-order valence-electron chi connectivity index (χ2n) is 6.34. The summed E-state index contributed by atoms with van der Waals surface area (Å²) < 4.78 is 8.89. The predicted molar refractivity (Wildman–Crippen MR) is 106 cm³/mol. The van der Waals surface area contributed by atoms with Crippen LogP contribution in [0.4, 0.5) is 0 Å². The highest BCUT2D eigenvalue weighted by Gasteiger charge is 2.15. The zero-order valence-electron chi connectivity index (χ0n) is 15.4. The van der Waals surface area contributed by atoms with Crippen LogP contribution in [0.2, 0.25) is 5.02 Å². The first kappa shape index (κ1) is 18.1. The molecule has 0 spiro atoms. The Morgan fingerprint density at radius 1 is 1.18 bits per heavy atom. The Hall–Kier alpha value is -3.32. The number of nitrogens with zero attached hydrogens (tertiary/aromatic N) is 4. The lowest BCUT2D eigenvalue weighted by molar-refractivity contribution is 0.0950. The molecule has 0 fully saturated rings. The van der Waals surface area contributed by atoms with Gasteiger partial charge in [0, 0.05) is 25.9 Å². The third-order valence-electron chi connectivity index (χ3n) is 4.51. The van der Waals surface area contributed by atoms with E-state index in [1.165, 1.54) is 0 Å². The van der Waals surface area contributed by atoms with Gasteiger partial charge in [0.2, 0.25) is 0 Å². The van der Waals surface area contributed by atoms with Crippen LogP contribution in [-0.2, 0) is 20.6 Å². The summed E-state index contributed by atoms with van der Waals surface area (Å²) in [7, 11) is 3.70. The molecule has 28 heavy (non-hydrogen) atoms. The van der Waals surface area contributed by atoms with Gasteiger partial charge < -0.3 is 9.73 Å². The lowest BCUT2D eigenvalue weighted by Gasteiger charge is -2.08. The Morgan fingerprint density at radius 2 is 2.04 bits per heavy atom. The van der Waals surface area contributed by atoms with Crippen molar-refractivity contribution in [3.63, 3.8) is 0 Å². The van der Waals surface area contributed by atoms with Crippen molar-refractivity contribution in [2.45, 2.75) is 6.54 Å². The fraction of sp³-hybridized carbons (Fsp3) is 0.150. The van der Waals surface area contributed by atoms with Gasteiger partial charge in [0.25, 0.3) is 5.91 Å². The molecule has 0 aliphatic heterocycles. The van der Waals surface area contributed by atoms with Gasteiger partial charge in [-0.15, -0.1) is 0 Å². The molecule has 0 bridgehead atoms. The zero-order chi connectivity index (χ0) is 19.7. The number of nitrogens with one attached hydrogen (secondary N) is 1. The molecule has 0 unspecified atom stereocenters. The first-order valence-corrected chi connectivity index (χ1v) is 9.03. The second kappa shape index (κ2) is 7.36. The molecule has 1 amide bonds. The quantitative estimate of drug-likeness (QED) is 0.559. The number of benzene rings is 1. The largest absolute Gasteiger partial charge is 0.464 e. The Kier molecular flexibility index (Phi) is 4.75.